The quantitative estimate of drug-likeness (QED) is 0.685. The van der Waals surface area contributed by atoms with Crippen molar-refractivity contribution in [3.8, 4) is 11.5 Å². The van der Waals surface area contributed by atoms with Crippen LogP contribution in [0.15, 0.2) is 48.5 Å². The van der Waals surface area contributed by atoms with E-state index in [1.54, 1.807) is 25.3 Å². The first-order valence-electron chi connectivity index (χ1n) is 6.33. The van der Waals surface area contributed by atoms with Crippen LogP contribution in [0.5, 0.6) is 11.5 Å². The van der Waals surface area contributed by atoms with Gasteiger partial charge in [-0.3, -0.25) is 4.79 Å². The fourth-order valence-electron chi connectivity index (χ4n) is 2.28. The molecule has 3 rings (SSSR count). The first-order valence-corrected chi connectivity index (χ1v) is 6.33. The average molecular weight is 270 g/mol. The van der Waals surface area contributed by atoms with Crippen molar-refractivity contribution in [3.05, 3.63) is 59.7 Å². The third-order valence-corrected chi connectivity index (χ3v) is 3.36. The Morgan fingerprint density at radius 1 is 1.15 bits per heavy atom. The van der Waals surface area contributed by atoms with Crippen LogP contribution in [0.25, 0.3) is 0 Å². The summed E-state index contributed by atoms with van der Waals surface area (Å²) in [4.78, 5) is 12.3. The molecule has 0 radical (unpaired) electrons. The number of Topliss-reactive ketones (excluding diaryl/α,β-unsaturated/α-hetero) is 1. The first-order chi connectivity index (χ1) is 9.72. The van der Waals surface area contributed by atoms with Gasteiger partial charge in [0.15, 0.2) is 11.9 Å². The molecule has 20 heavy (non-hydrogen) atoms. The van der Waals surface area contributed by atoms with Gasteiger partial charge in [-0.25, -0.2) is 0 Å². The Balaban J connectivity index is 1.83. The van der Waals surface area contributed by atoms with E-state index in [4.69, 9.17) is 9.47 Å². The molecule has 2 atom stereocenters. The lowest BCUT2D eigenvalue weighted by Gasteiger charge is -2.05. The van der Waals surface area contributed by atoms with E-state index in [0.717, 1.165) is 5.56 Å². The lowest BCUT2D eigenvalue weighted by Crippen LogP contribution is -2.08. The topological polar surface area (TPSA) is 59.1 Å². The number of aromatic hydroxyl groups is 1. The molecule has 0 amide bonds. The number of phenols is 1. The highest BCUT2D eigenvalue weighted by molar-refractivity contribution is 6.03. The van der Waals surface area contributed by atoms with Gasteiger partial charge in [0.25, 0.3) is 0 Å². The fraction of sp³-hybridized carbons (Fsp3) is 0.188. The van der Waals surface area contributed by atoms with Crippen molar-refractivity contribution in [2.75, 3.05) is 7.11 Å². The zero-order valence-electron chi connectivity index (χ0n) is 10.9. The van der Waals surface area contributed by atoms with Gasteiger partial charge in [0.2, 0.25) is 0 Å². The Morgan fingerprint density at radius 3 is 2.60 bits per heavy atom. The van der Waals surface area contributed by atoms with Crippen LogP contribution >= 0.6 is 0 Å². The third kappa shape index (κ3) is 2.14. The first kappa shape index (κ1) is 12.7. The molecule has 0 bridgehead atoms. The van der Waals surface area contributed by atoms with E-state index in [2.05, 4.69) is 0 Å². The Morgan fingerprint density at radius 2 is 1.85 bits per heavy atom. The van der Waals surface area contributed by atoms with Crippen LogP contribution in [-0.2, 0) is 4.74 Å². The second kappa shape index (κ2) is 4.98. The van der Waals surface area contributed by atoms with Crippen LogP contribution in [0.3, 0.4) is 0 Å². The summed E-state index contributed by atoms with van der Waals surface area (Å²) in [6, 6.07) is 13.9. The summed E-state index contributed by atoms with van der Waals surface area (Å²) in [5, 5.41) is 9.71. The second-order valence-corrected chi connectivity index (χ2v) is 4.60. The maximum Gasteiger partial charge on any atom is 0.198 e. The zero-order chi connectivity index (χ0) is 14.1. The predicted octanol–water partition coefficient (Wildman–Crippen LogP) is 2.72. The summed E-state index contributed by atoms with van der Waals surface area (Å²) in [6.45, 7) is 0. The van der Waals surface area contributed by atoms with Crippen molar-refractivity contribution in [2.24, 2.45) is 0 Å². The summed E-state index contributed by atoms with van der Waals surface area (Å²) in [5.74, 6) is 0.468. The highest BCUT2D eigenvalue weighted by atomic mass is 16.6. The van der Waals surface area contributed by atoms with Crippen LogP contribution in [0.4, 0.5) is 0 Å². The Labute approximate surface area is 116 Å². The van der Waals surface area contributed by atoms with E-state index >= 15 is 0 Å². The third-order valence-electron chi connectivity index (χ3n) is 3.36. The average Bonchev–Trinajstić information content (AvgIpc) is 3.27. The number of carbonyl (C=O) groups excluding carboxylic acids is 1. The number of epoxide rings is 1. The molecular weight excluding hydrogens is 256 g/mol. The van der Waals surface area contributed by atoms with Gasteiger partial charge in [-0.2, -0.15) is 0 Å². The molecule has 1 aliphatic rings. The van der Waals surface area contributed by atoms with Gasteiger partial charge in [-0.05, 0) is 18.2 Å². The van der Waals surface area contributed by atoms with Crippen LogP contribution in [-0.4, -0.2) is 24.1 Å². The molecule has 2 aromatic rings. The molecule has 4 nitrogen and oxygen atoms in total. The molecule has 1 saturated heterocycles. The number of carbonyl (C=O) groups is 1. The molecule has 1 aliphatic heterocycles. The number of hydrogen-bond acceptors (Lipinski definition) is 4. The van der Waals surface area contributed by atoms with Gasteiger partial charge in [-0.15, -0.1) is 0 Å². The highest BCUT2D eigenvalue weighted by Gasteiger charge is 2.48. The van der Waals surface area contributed by atoms with Crippen molar-refractivity contribution < 1.29 is 19.4 Å². The minimum absolute atomic E-state index is 0.0215. The molecule has 0 spiro atoms. The Bertz CT molecular complexity index is 650. The highest BCUT2D eigenvalue weighted by Crippen LogP contribution is 2.44. The molecule has 1 N–H and O–H groups in total. The monoisotopic (exact) mass is 270 g/mol. The van der Waals surface area contributed by atoms with Gasteiger partial charge in [-0.1, -0.05) is 30.3 Å². The van der Waals surface area contributed by atoms with Crippen molar-refractivity contribution in [1.82, 2.24) is 0 Å². The normalized spacial score (nSPS) is 20.4. The smallest absolute Gasteiger partial charge is 0.198 e. The van der Waals surface area contributed by atoms with E-state index in [0.29, 0.717) is 5.75 Å². The lowest BCUT2D eigenvalue weighted by molar-refractivity contribution is 0.0951. The summed E-state index contributed by atoms with van der Waals surface area (Å²) in [7, 11) is 1.58. The van der Waals surface area contributed by atoms with E-state index in [1.807, 2.05) is 24.3 Å². The van der Waals surface area contributed by atoms with Crippen molar-refractivity contribution in [1.29, 1.82) is 0 Å². The zero-order valence-corrected chi connectivity index (χ0v) is 10.9. The molecule has 102 valence electrons. The SMILES string of the molecule is COc1ccccc1C1OC1C(=O)c1ccccc1O. The number of ketones is 1. The van der Waals surface area contributed by atoms with Crippen LogP contribution in [0.2, 0.25) is 0 Å². The van der Waals surface area contributed by atoms with Crippen molar-refractivity contribution in [3.63, 3.8) is 0 Å². The van der Waals surface area contributed by atoms with Gasteiger partial charge in [0.1, 0.15) is 17.6 Å². The largest absolute Gasteiger partial charge is 0.507 e. The number of benzene rings is 2. The van der Waals surface area contributed by atoms with Gasteiger partial charge >= 0.3 is 0 Å². The second-order valence-electron chi connectivity index (χ2n) is 4.60. The summed E-state index contributed by atoms with van der Waals surface area (Å²) < 4.78 is 10.7. The molecule has 0 aromatic heterocycles. The molecule has 0 aliphatic carbocycles. The van der Waals surface area contributed by atoms with E-state index < -0.39 is 6.10 Å². The summed E-state index contributed by atoms with van der Waals surface area (Å²) in [5.41, 5.74) is 1.14. The standard InChI is InChI=1S/C16H14O4/c1-19-13-9-5-3-7-11(13)15-16(20-15)14(18)10-6-2-4-8-12(10)17/h2-9,15-17H,1H3. The van der Waals surface area contributed by atoms with Crippen LogP contribution < -0.4 is 4.74 Å². The van der Waals surface area contributed by atoms with E-state index in [1.165, 1.54) is 6.07 Å². The number of para-hydroxylation sites is 2. The van der Waals surface area contributed by atoms with Gasteiger partial charge in [0.05, 0.1) is 12.7 Å². The number of hydrogen-bond donors (Lipinski definition) is 1. The van der Waals surface area contributed by atoms with Crippen molar-refractivity contribution in [2.45, 2.75) is 12.2 Å². The fourth-order valence-corrected chi connectivity index (χ4v) is 2.28. The van der Waals surface area contributed by atoms with E-state index in [-0.39, 0.29) is 23.2 Å². The Kier molecular flexibility index (Phi) is 3.16. The maximum atomic E-state index is 12.3. The number of ether oxygens (including phenoxy) is 2. The maximum absolute atomic E-state index is 12.3. The van der Waals surface area contributed by atoms with Crippen LogP contribution in [0.1, 0.15) is 22.0 Å². The molecule has 2 aromatic carbocycles. The van der Waals surface area contributed by atoms with Gasteiger partial charge in [0, 0.05) is 5.56 Å². The summed E-state index contributed by atoms with van der Waals surface area (Å²) >= 11 is 0. The molecular formula is C16H14O4. The molecule has 1 fully saturated rings. The molecule has 0 saturated carbocycles. The van der Waals surface area contributed by atoms with Crippen LogP contribution in [0, 0.1) is 0 Å². The summed E-state index contributed by atoms with van der Waals surface area (Å²) in [6.07, 6.45) is -0.863. The van der Waals surface area contributed by atoms with E-state index in [9.17, 15) is 9.90 Å². The van der Waals surface area contributed by atoms with Crippen molar-refractivity contribution >= 4 is 5.78 Å². The molecule has 2 unspecified atom stereocenters. The predicted molar refractivity (Wildman–Crippen MR) is 73.0 cm³/mol. The number of phenolic OH excluding ortho intramolecular Hbond substituents is 1. The van der Waals surface area contributed by atoms with Gasteiger partial charge < -0.3 is 14.6 Å². The minimum Gasteiger partial charge on any atom is -0.507 e. The number of methoxy groups -OCH3 is 1. The molecule has 1 heterocycles. The lowest BCUT2D eigenvalue weighted by atomic mass is 10.0. The minimum atomic E-state index is -0.556. The number of rotatable bonds is 4. The Hall–Kier alpha value is -2.33. The molecule has 4 heteroatoms.